The van der Waals surface area contributed by atoms with Crippen molar-refractivity contribution < 1.29 is 37.2 Å². The summed E-state index contributed by atoms with van der Waals surface area (Å²) >= 11 is -2.14. The standard InChI is InChI=1S/C34H36N2O9S/c1-20-15-23(16-21(2)31(20)43-14-13-37)30-18-25-32(45-30)26(19-36(3)34(25)38)24-17-22(11-12-35-46(39)40)9-10-27(24)44-33-28(41-4)7-6-8-29(33)42-5/h6-10,15-19,35,37H,11-14H2,1-5H3,(H,39,40). The van der Waals surface area contributed by atoms with Crippen molar-refractivity contribution in [3.05, 3.63) is 87.8 Å². The number of aryl methyl sites for hydroxylation is 3. The Balaban J connectivity index is 1.69. The van der Waals surface area contributed by atoms with Gasteiger partial charge < -0.3 is 33.0 Å². The van der Waals surface area contributed by atoms with E-state index in [9.17, 15) is 18.7 Å². The Morgan fingerprint density at radius 2 is 1.63 bits per heavy atom. The third kappa shape index (κ3) is 6.80. The van der Waals surface area contributed by atoms with Crippen LogP contribution in [0.5, 0.6) is 28.7 Å². The minimum atomic E-state index is -2.14. The fourth-order valence-corrected chi connectivity index (χ4v) is 5.67. The van der Waals surface area contributed by atoms with E-state index in [0.717, 1.165) is 22.3 Å². The van der Waals surface area contributed by atoms with Crippen LogP contribution in [-0.4, -0.2) is 52.4 Å². The third-order valence-electron chi connectivity index (χ3n) is 7.50. The maximum absolute atomic E-state index is 13.4. The number of hydrogen-bond donors (Lipinski definition) is 3. The molecule has 5 aromatic rings. The predicted molar refractivity (Wildman–Crippen MR) is 176 cm³/mol. The van der Waals surface area contributed by atoms with E-state index in [1.807, 2.05) is 38.1 Å². The van der Waals surface area contributed by atoms with Crippen LogP contribution in [0.25, 0.3) is 33.4 Å². The van der Waals surface area contributed by atoms with E-state index < -0.39 is 11.3 Å². The molecular formula is C34H36N2O9S. The quantitative estimate of drug-likeness (QED) is 0.141. The molecule has 46 heavy (non-hydrogen) atoms. The Bertz CT molecular complexity index is 1920. The number of nitrogens with one attached hydrogen (secondary N) is 1. The van der Waals surface area contributed by atoms with Crippen molar-refractivity contribution in [2.24, 2.45) is 7.05 Å². The van der Waals surface area contributed by atoms with Gasteiger partial charge in [0.1, 0.15) is 29.4 Å². The number of aromatic nitrogens is 1. The average Bonchev–Trinajstić information content (AvgIpc) is 3.49. The lowest BCUT2D eigenvalue weighted by Gasteiger charge is -2.18. The van der Waals surface area contributed by atoms with Gasteiger partial charge in [0.25, 0.3) is 5.56 Å². The number of aliphatic hydroxyl groups excluding tert-OH is 1. The molecule has 2 aromatic heterocycles. The van der Waals surface area contributed by atoms with Crippen LogP contribution >= 0.6 is 0 Å². The SMILES string of the molecule is COc1cccc(OC)c1Oc1ccc(CCNS(=O)O)cc1-c1cn(C)c(=O)c2cc(-c3cc(C)c(OCCO)c(C)c3)oc12. The van der Waals surface area contributed by atoms with E-state index >= 15 is 0 Å². The van der Waals surface area contributed by atoms with Gasteiger partial charge in [0, 0.05) is 36.5 Å². The molecule has 1 unspecified atom stereocenters. The van der Waals surface area contributed by atoms with Gasteiger partial charge in [-0.2, -0.15) is 0 Å². The molecule has 0 aliphatic heterocycles. The number of pyridine rings is 1. The highest BCUT2D eigenvalue weighted by molar-refractivity contribution is 7.77. The molecule has 0 aliphatic carbocycles. The Hall–Kier alpha value is -4.62. The van der Waals surface area contributed by atoms with Gasteiger partial charge in [-0.25, -0.2) is 8.93 Å². The van der Waals surface area contributed by atoms with E-state index in [4.69, 9.17) is 23.4 Å². The molecule has 0 saturated heterocycles. The number of hydrogen-bond acceptors (Lipinski definition) is 8. The Kier molecular flexibility index (Phi) is 10.1. The van der Waals surface area contributed by atoms with Gasteiger partial charge in [0.2, 0.25) is 17.0 Å². The number of aliphatic hydroxyl groups is 1. The van der Waals surface area contributed by atoms with Gasteiger partial charge >= 0.3 is 0 Å². The summed E-state index contributed by atoms with van der Waals surface area (Å²) in [6, 6.07) is 16.5. The van der Waals surface area contributed by atoms with Crippen LogP contribution in [0.2, 0.25) is 0 Å². The van der Waals surface area contributed by atoms with E-state index in [-0.39, 0.29) is 25.3 Å². The molecule has 0 aliphatic rings. The van der Waals surface area contributed by atoms with Crippen molar-refractivity contribution in [1.29, 1.82) is 0 Å². The predicted octanol–water partition coefficient (Wildman–Crippen LogP) is 5.53. The van der Waals surface area contributed by atoms with Crippen LogP contribution in [0.4, 0.5) is 0 Å². The van der Waals surface area contributed by atoms with E-state index in [1.54, 1.807) is 57.8 Å². The summed E-state index contributed by atoms with van der Waals surface area (Å²) < 4.78 is 54.2. The first-order valence-electron chi connectivity index (χ1n) is 14.5. The first kappa shape index (κ1) is 32.8. The number of furan rings is 1. The lowest BCUT2D eigenvalue weighted by Crippen LogP contribution is -2.19. The summed E-state index contributed by atoms with van der Waals surface area (Å²) in [6.07, 6.45) is 2.14. The molecule has 0 saturated carbocycles. The molecule has 242 valence electrons. The fraction of sp³-hybridized carbons (Fsp3) is 0.265. The third-order valence-corrected chi connectivity index (χ3v) is 7.95. The van der Waals surface area contributed by atoms with Gasteiger partial charge in [-0.15, -0.1) is 0 Å². The first-order chi connectivity index (χ1) is 22.1. The maximum atomic E-state index is 13.4. The molecular weight excluding hydrogens is 612 g/mol. The number of nitrogens with zero attached hydrogens (tertiary/aromatic N) is 1. The first-order valence-corrected chi connectivity index (χ1v) is 15.6. The molecule has 0 fully saturated rings. The molecule has 0 amide bonds. The number of benzene rings is 3. The van der Waals surface area contributed by atoms with E-state index in [0.29, 0.717) is 63.0 Å². The fourth-order valence-electron chi connectivity index (χ4n) is 5.40. The van der Waals surface area contributed by atoms with Crippen molar-refractivity contribution in [1.82, 2.24) is 9.29 Å². The number of rotatable bonds is 13. The summed E-state index contributed by atoms with van der Waals surface area (Å²) in [5, 5.41) is 9.59. The molecule has 3 aromatic carbocycles. The number of para-hydroxylation sites is 1. The zero-order valence-corrected chi connectivity index (χ0v) is 27.0. The molecule has 0 spiro atoms. The van der Waals surface area contributed by atoms with Gasteiger partial charge in [-0.05, 0) is 79.4 Å². The van der Waals surface area contributed by atoms with Gasteiger partial charge in [0.15, 0.2) is 11.5 Å². The molecule has 0 bridgehead atoms. The van der Waals surface area contributed by atoms with Crippen molar-refractivity contribution in [3.63, 3.8) is 0 Å². The Morgan fingerprint density at radius 3 is 2.26 bits per heavy atom. The van der Waals surface area contributed by atoms with Crippen LogP contribution in [-0.2, 0) is 24.7 Å². The van der Waals surface area contributed by atoms with Crippen LogP contribution in [0.15, 0.2) is 70.0 Å². The van der Waals surface area contributed by atoms with E-state index in [2.05, 4.69) is 4.72 Å². The Morgan fingerprint density at radius 1 is 0.935 bits per heavy atom. The average molecular weight is 649 g/mol. The molecule has 1 atom stereocenters. The minimum absolute atomic E-state index is 0.0928. The highest BCUT2D eigenvalue weighted by Crippen LogP contribution is 2.45. The van der Waals surface area contributed by atoms with Crippen LogP contribution in [0.3, 0.4) is 0 Å². The topological polar surface area (TPSA) is 142 Å². The second kappa shape index (κ2) is 14.2. The largest absolute Gasteiger partial charge is 0.493 e. The highest BCUT2D eigenvalue weighted by atomic mass is 32.2. The van der Waals surface area contributed by atoms with Crippen molar-refractivity contribution >= 4 is 22.2 Å². The zero-order chi connectivity index (χ0) is 33.0. The Labute approximate surface area is 268 Å². The number of methoxy groups -OCH3 is 2. The molecule has 12 heteroatoms. The monoisotopic (exact) mass is 648 g/mol. The summed E-state index contributed by atoms with van der Waals surface area (Å²) in [5.41, 5.74) is 4.71. The molecule has 3 N–H and O–H groups in total. The number of fused-ring (bicyclic) bond motifs is 1. The second-order valence-corrected chi connectivity index (χ2v) is 11.4. The van der Waals surface area contributed by atoms with E-state index in [1.165, 1.54) is 4.57 Å². The highest BCUT2D eigenvalue weighted by Gasteiger charge is 2.22. The summed E-state index contributed by atoms with van der Waals surface area (Å²) in [7, 11) is 4.76. The van der Waals surface area contributed by atoms with Crippen LogP contribution in [0.1, 0.15) is 16.7 Å². The lowest BCUT2D eigenvalue weighted by molar-refractivity contribution is 0.200. The van der Waals surface area contributed by atoms with Gasteiger partial charge in [-0.3, -0.25) is 9.35 Å². The maximum Gasteiger partial charge on any atom is 0.261 e. The van der Waals surface area contributed by atoms with Gasteiger partial charge in [0.05, 0.1) is 26.2 Å². The summed E-state index contributed by atoms with van der Waals surface area (Å²) in [5.74, 6) is 2.93. The molecule has 5 rings (SSSR count). The number of ether oxygens (including phenoxy) is 4. The van der Waals surface area contributed by atoms with Crippen molar-refractivity contribution in [3.8, 4) is 51.2 Å². The smallest absolute Gasteiger partial charge is 0.261 e. The lowest BCUT2D eigenvalue weighted by atomic mass is 10.00. The summed E-state index contributed by atoms with van der Waals surface area (Å²) in [6.45, 7) is 4.18. The van der Waals surface area contributed by atoms with Crippen molar-refractivity contribution in [2.75, 3.05) is 34.0 Å². The normalized spacial score (nSPS) is 11.9. The van der Waals surface area contributed by atoms with Crippen molar-refractivity contribution in [2.45, 2.75) is 20.3 Å². The molecule has 11 nitrogen and oxygen atoms in total. The molecule has 0 radical (unpaired) electrons. The second-order valence-electron chi connectivity index (χ2n) is 10.6. The molecule has 2 heterocycles. The van der Waals surface area contributed by atoms with Crippen LogP contribution in [0, 0.1) is 13.8 Å². The minimum Gasteiger partial charge on any atom is -0.493 e. The van der Waals surface area contributed by atoms with Gasteiger partial charge in [-0.1, -0.05) is 12.1 Å². The van der Waals surface area contributed by atoms with Crippen LogP contribution < -0.4 is 29.2 Å². The summed E-state index contributed by atoms with van der Waals surface area (Å²) in [4.78, 5) is 13.4. The zero-order valence-electron chi connectivity index (χ0n) is 26.2.